The van der Waals surface area contributed by atoms with E-state index < -0.39 is 37.9 Å². The molecule has 2 amide bonds. The third-order valence-corrected chi connectivity index (χ3v) is 8.92. The third kappa shape index (κ3) is 23.1. The van der Waals surface area contributed by atoms with Crippen molar-refractivity contribution < 1.29 is 48.1 Å². The van der Waals surface area contributed by atoms with Crippen molar-refractivity contribution in [2.24, 2.45) is 35.5 Å². The highest BCUT2D eigenvalue weighted by atomic mass is 28.4. The molecule has 0 fully saturated rings. The Bertz CT molecular complexity index is 1060. The van der Waals surface area contributed by atoms with Gasteiger partial charge in [0.05, 0.1) is 30.3 Å². The van der Waals surface area contributed by atoms with Gasteiger partial charge in [-0.2, -0.15) is 0 Å². The van der Waals surface area contributed by atoms with E-state index in [1.165, 1.54) is 16.8 Å². The minimum atomic E-state index is -2.03. The summed E-state index contributed by atoms with van der Waals surface area (Å²) in [6, 6.07) is -1.66. The van der Waals surface area contributed by atoms with E-state index >= 15 is 0 Å². The van der Waals surface area contributed by atoms with Crippen LogP contribution >= 0.6 is 0 Å². The minimum Gasteiger partial charge on any atom is -0.518 e. The van der Waals surface area contributed by atoms with Crippen LogP contribution in [0.4, 0.5) is 0 Å². The fourth-order valence-corrected chi connectivity index (χ4v) is 4.26. The standard InChI is InChI=1S/C17H35NO4Si.C14H27NO4.C6H12O2/c1-12(2)13(3)15(19)18(7)14(11-21-17(4,5)6)16(20)22-23(8,9)10;1-9(2)10(3)12(16)15(7)11(13(17)18)8-19-14(4,5)6;1-4(2)5(3)6(7)8/h12-14H,11H2,1-10H3;9-11H,8H2,1-7H3,(H,17,18);4-5H,1-3H3,(H,7,8)/t13-,14-;10-,11-;5-/m000/s1. The van der Waals surface area contributed by atoms with Crippen molar-refractivity contribution in [3.05, 3.63) is 0 Å². The van der Waals surface area contributed by atoms with Crippen LogP contribution in [0.15, 0.2) is 0 Å². The first kappa shape index (κ1) is 51.9. The lowest BCUT2D eigenvalue weighted by Gasteiger charge is -2.33. The first-order valence-electron chi connectivity index (χ1n) is 17.7. The molecule has 296 valence electrons. The second-order valence-electron chi connectivity index (χ2n) is 17.1. The van der Waals surface area contributed by atoms with Crippen molar-refractivity contribution in [1.29, 1.82) is 0 Å². The molecule has 0 saturated heterocycles. The van der Waals surface area contributed by atoms with Crippen LogP contribution in [0.2, 0.25) is 19.6 Å². The highest BCUT2D eigenvalue weighted by Crippen LogP contribution is 2.19. The van der Waals surface area contributed by atoms with Gasteiger partial charge in [0.2, 0.25) is 20.1 Å². The predicted molar refractivity (Wildman–Crippen MR) is 201 cm³/mol. The van der Waals surface area contributed by atoms with E-state index in [9.17, 15) is 29.1 Å². The number of rotatable bonds is 15. The molecule has 0 heterocycles. The zero-order valence-electron chi connectivity index (χ0n) is 35.1. The van der Waals surface area contributed by atoms with Crippen molar-refractivity contribution in [2.75, 3.05) is 27.3 Å². The summed E-state index contributed by atoms with van der Waals surface area (Å²) in [5, 5.41) is 17.6. The number of carbonyl (C=O) groups excluding carboxylic acids is 3. The highest BCUT2D eigenvalue weighted by molar-refractivity contribution is 6.71. The maximum absolute atomic E-state index is 12.6. The van der Waals surface area contributed by atoms with Crippen molar-refractivity contribution in [3.8, 4) is 0 Å². The van der Waals surface area contributed by atoms with Crippen LogP contribution < -0.4 is 0 Å². The molecular weight excluding hydrogens is 660 g/mol. The zero-order valence-corrected chi connectivity index (χ0v) is 36.1. The number of aliphatic carboxylic acids is 2. The molecule has 2 N–H and O–H groups in total. The molecule has 0 aromatic rings. The van der Waals surface area contributed by atoms with E-state index in [1.54, 1.807) is 14.0 Å². The van der Waals surface area contributed by atoms with E-state index in [-0.39, 0.29) is 72.1 Å². The minimum absolute atomic E-state index is 0.00805. The Labute approximate surface area is 305 Å². The van der Waals surface area contributed by atoms with Gasteiger partial charge in [-0.15, -0.1) is 0 Å². The normalized spacial score (nSPS) is 15.0. The maximum atomic E-state index is 12.6. The van der Waals surface area contributed by atoms with Gasteiger partial charge in [-0.3, -0.25) is 19.2 Å². The molecule has 0 aliphatic carbocycles. The summed E-state index contributed by atoms with van der Waals surface area (Å²) in [7, 11) is 1.15. The van der Waals surface area contributed by atoms with Gasteiger partial charge < -0.3 is 33.9 Å². The predicted octanol–water partition coefficient (Wildman–Crippen LogP) is 6.67. The molecule has 0 saturated carbocycles. The molecule has 13 heteroatoms. The second-order valence-corrected chi connectivity index (χ2v) is 21.5. The molecule has 0 rings (SSSR count). The number of likely N-dealkylation sites (N-methyl/N-ethyl adjacent to an activating group) is 2. The fourth-order valence-electron chi connectivity index (χ4n) is 3.52. The van der Waals surface area contributed by atoms with Gasteiger partial charge in [0, 0.05) is 25.9 Å². The molecule has 0 aromatic carbocycles. The quantitative estimate of drug-likeness (QED) is 0.174. The van der Waals surface area contributed by atoms with Crippen LogP contribution in [-0.2, 0) is 37.9 Å². The van der Waals surface area contributed by atoms with Gasteiger partial charge in [0.15, 0.2) is 12.1 Å². The van der Waals surface area contributed by atoms with Crippen LogP contribution in [0.25, 0.3) is 0 Å². The first-order valence-corrected chi connectivity index (χ1v) is 21.1. The Balaban J connectivity index is -0.000000734. The van der Waals surface area contributed by atoms with Crippen molar-refractivity contribution >= 4 is 38.0 Å². The van der Waals surface area contributed by atoms with E-state index in [0.29, 0.717) is 0 Å². The molecule has 0 spiro atoms. The number of amides is 2. The number of hydrogen-bond donors (Lipinski definition) is 2. The van der Waals surface area contributed by atoms with E-state index in [4.69, 9.17) is 19.0 Å². The van der Waals surface area contributed by atoms with Crippen LogP contribution in [0.3, 0.4) is 0 Å². The SMILES string of the molecule is CC(C)[C@H](C)C(=O)N(C)[C@@H](COC(C)(C)C)C(=O)O.CC(C)[C@H](C)C(=O)N(C)[C@@H](COC(C)(C)C)C(=O)O[Si](C)(C)C.CC(C)[C@H](C)C(=O)O. The summed E-state index contributed by atoms with van der Waals surface area (Å²) in [5.41, 5.74) is -0.813. The number of hydrogen-bond acceptors (Lipinski definition) is 8. The Kier molecular flexibility index (Phi) is 23.3. The van der Waals surface area contributed by atoms with Gasteiger partial charge >= 0.3 is 17.9 Å². The molecule has 0 aliphatic heterocycles. The average molecular weight is 735 g/mol. The smallest absolute Gasteiger partial charge is 0.328 e. The van der Waals surface area contributed by atoms with Crippen LogP contribution in [-0.4, -0.2) is 109 Å². The molecule has 0 radical (unpaired) electrons. The van der Waals surface area contributed by atoms with Gasteiger partial charge in [-0.1, -0.05) is 62.3 Å². The van der Waals surface area contributed by atoms with Crippen LogP contribution in [0.5, 0.6) is 0 Å². The number of carboxylic acids is 2. The second kappa shape index (κ2) is 22.4. The Hall–Kier alpha value is -2.51. The summed E-state index contributed by atoms with van der Waals surface area (Å²) in [6.45, 7) is 34.4. The molecule has 50 heavy (non-hydrogen) atoms. The summed E-state index contributed by atoms with van der Waals surface area (Å²) >= 11 is 0. The van der Waals surface area contributed by atoms with Crippen LogP contribution in [0, 0.1) is 35.5 Å². The molecule has 0 unspecified atom stereocenters. The van der Waals surface area contributed by atoms with Crippen molar-refractivity contribution in [2.45, 2.75) is 147 Å². The Morgan fingerprint density at radius 3 is 1.08 bits per heavy atom. The molecule has 0 bridgehead atoms. The van der Waals surface area contributed by atoms with Crippen molar-refractivity contribution in [1.82, 2.24) is 9.80 Å². The van der Waals surface area contributed by atoms with Gasteiger partial charge in [0.1, 0.15) is 0 Å². The Morgan fingerprint density at radius 1 is 0.560 bits per heavy atom. The van der Waals surface area contributed by atoms with Gasteiger partial charge in [-0.05, 0) is 78.9 Å². The summed E-state index contributed by atoms with van der Waals surface area (Å²) in [5.74, 6) is -2.30. The number of carbonyl (C=O) groups is 5. The zero-order chi connectivity index (χ0) is 40.7. The van der Waals surface area contributed by atoms with Crippen molar-refractivity contribution in [3.63, 3.8) is 0 Å². The summed E-state index contributed by atoms with van der Waals surface area (Å²) < 4.78 is 16.9. The Morgan fingerprint density at radius 2 is 0.860 bits per heavy atom. The lowest BCUT2D eigenvalue weighted by atomic mass is 9.96. The number of ether oxygens (including phenoxy) is 2. The van der Waals surface area contributed by atoms with E-state index in [0.717, 1.165) is 0 Å². The fraction of sp³-hybridized carbons (Fsp3) is 0.865. The monoisotopic (exact) mass is 735 g/mol. The number of nitrogens with zero attached hydrogens (tertiary/aromatic N) is 2. The maximum Gasteiger partial charge on any atom is 0.328 e. The summed E-state index contributed by atoms with van der Waals surface area (Å²) in [4.78, 5) is 61.5. The third-order valence-electron chi connectivity index (χ3n) is 8.11. The highest BCUT2D eigenvalue weighted by Gasteiger charge is 2.35. The van der Waals surface area contributed by atoms with Crippen LogP contribution in [0.1, 0.15) is 104 Å². The summed E-state index contributed by atoms with van der Waals surface area (Å²) in [6.07, 6.45) is 0. The molecule has 0 aliphatic rings. The topological polar surface area (TPSA) is 160 Å². The lowest BCUT2D eigenvalue weighted by molar-refractivity contribution is -0.156. The molecule has 0 aromatic heterocycles. The molecule has 5 atom stereocenters. The van der Waals surface area contributed by atoms with E-state index in [2.05, 4.69) is 0 Å². The lowest BCUT2D eigenvalue weighted by Crippen LogP contribution is -2.51. The molecule has 12 nitrogen and oxygen atoms in total. The van der Waals surface area contributed by atoms with Gasteiger partial charge in [0.25, 0.3) is 0 Å². The average Bonchev–Trinajstić information content (AvgIpc) is 2.93. The van der Waals surface area contributed by atoms with Gasteiger partial charge in [-0.25, -0.2) is 4.79 Å². The number of carboxylic acid groups (broad SMARTS) is 2. The van der Waals surface area contributed by atoms with E-state index in [1.807, 2.05) is 117 Å². The largest absolute Gasteiger partial charge is 0.518 e. The first-order chi connectivity index (χ1) is 22.2. The molecular formula is C37H74N2O10Si.